The van der Waals surface area contributed by atoms with Crippen molar-refractivity contribution in [3.8, 4) is 0 Å². The van der Waals surface area contributed by atoms with E-state index in [0.717, 1.165) is 44.2 Å². The van der Waals surface area contributed by atoms with Crippen LogP contribution in [0, 0.1) is 17.2 Å². The largest absolute Gasteiger partial charge is 0.341 e. The highest BCUT2D eigenvalue weighted by Gasteiger charge is 2.49. The third kappa shape index (κ3) is 3.62. The van der Waals surface area contributed by atoms with E-state index in [0.29, 0.717) is 19.6 Å². The van der Waals surface area contributed by atoms with Gasteiger partial charge in [0.05, 0.1) is 5.41 Å². The zero-order chi connectivity index (χ0) is 18.7. The normalized spacial score (nSPS) is 23.3. The van der Waals surface area contributed by atoms with Gasteiger partial charge in [0.25, 0.3) is 0 Å². The SMILES string of the molecule is CCC(CC)C(=O)N1CCC2(CCCN(Cc3ccc(F)cc3)C2=O)C1. The van der Waals surface area contributed by atoms with Crippen molar-refractivity contribution in [2.45, 2.75) is 52.5 Å². The summed E-state index contributed by atoms with van der Waals surface area (Å²) >= 11 is 0. The average Bonchev–Trinajstić information content (AvgIpc) is 3.07. The third-order valence-electron chi connectivity index (χ3n) is 6.11. The number of carbonyl (C=O) groups is 2. The monoisotopic (exact) mass is 360 g/mol. The Morgan fingerprint density at radius 2 is 1.85 bits per heavy atom. The van der Waals surface area contributed by atoms with Gasteiger partial charge in [0.15, 0.2) is 0 Å². The van der Waals surface area contributed by atoms with Gasteiger partial charge in [-0.25, -0.2) is 4.39 Å². The molecule has 4 nitrogen and oxygen atoms in total. The summed E-state index contributed by atoms with van der Waals surface area (Å²) in [5.74, 6) is 0.170. The maximum atomic E-state index is 13.2. The maximum Gasteiger partial charge on any atom is 0.230 e. The van der Waals surface area contributed by atoms with E-state index < -0.39 is 5.41 Å². The van der Waals surface area contributed by atoms with Gasteiger partial charge in [0.2, 0.25) is 11.8 Å². The molecule has 1 atom stereocenters. The van der Waals surface area contributed by atoms with Gasteiger partial charge in [-0.1, -0.05) is 26.0 Å². The number of piperidine rings is 1. The van der Waals surface area contributed by atoms with Crippen molar-refractivity contribution >= 4 is 11.8 Å². The van der Waals surface area contributed by atoms with E-state index in [9.17, 15) is 14.0 Å². The molecule has 5 heteroatoms. The molecule has 0 bridgehead atoms. The zero-order valence-corrected chi connectivity index (χ0v) is 15.8. The van der Waals surface area contributed by atoms with Crippen molar-refractivity contribution in [2.75, 3.05) is 19.6 Å². The molecule has 0 saturated carbocycles. The lowest BCUT2D eigenvalue weighted by atomic mass is 9.78. The summed E-state index contributed by atoms with van der Waals surface area (Å²) in [5, 5.41) is 0. The van der Waals surface area contributed by atoms with Crippen LogP contribution in [0.1, 0.15) is 51.5 Å². The predicted octanol–water partition coefficient (Wildman–Crippen LogP) is 3.60. The van der Waals surface area contributed by atoms with Gasteiger partial charge < -0.3 is 9.80 Å². The molecule has 142 valence electrons. The van der Waals surface area contributed by atoms with E-state index in [4.69, 9.17) is 0 Å². The highest BCUT2D eigenvalue weighted by molar-refractivity contribution is 5.86. The molecule has 1 unspecified atom stereocenters. The van der Waals surface area contributed by atoms with Crippen molar-refractivity contribution < 1.29 is 14.0 Å². The second-order valence-corrected chi connectivity index (χ2v) is 7.76. The van der Waals surface area contributed by atoms with Gasteiger partial charge in [-0.2, -0.15) is 0 Å². The van der Waals surface area contributed by atoms with Gasteiger partial charge in [-0.15, -0.1) is 0 Å². The molecule has 2 heterocycles. The minimum atomic E-state index is -0.417. The topological polar surface area (TPSA) is 40.6 Å². The average molecular weight is 360 g/mol. The van der Waals surface area contributed by atoms with E-state index in [1.165, 1.54) is 12.1 Å². The van der Waals surface area contributed by atoms with Crippen LogP contribution in [0.5, 0.6) is 0 Å². The lowest BCUT2D eigenvalue weighted by Crippen LogP contribution is -2.50. The molecule has 2 aliphatic heterocycles. The molecule has 2 saturated heterocycles. The highest BCUT2D eigenvalue weighted by Crippen LogP contribution is 2.41. The third-order valence-corrected chi connectivity index (χ3v) is 6.11. The van der Waals surface area contributed by atoms with Crippen molar-refractivity contribution in [1.82, 2.24) is 9.80 Å². The molecule has 2 amide bonds. The minimum absolute atomic E-state index is 0.0687. The molecular formula is C21H29FN2O2. The van der Waals surface area contributed by atoms with Crippen molar-refractivity contribution in [3.63, 3.8) is 0 Å². The molecule has 0 aromatic heterocycles. The number of benzene rings is 1. The van der Waals surface area contributed by atoms with Crippen LogP contribution in [0.4, 0.5) is 4.39 Å². The maximum absolute atomic E-state index is 13.2. The Kier molecular flexibility index (Phi) is 5.64. The van der Waals surface area contributed by atoms with Crippen molar-refractivity contribution in [2.24, 2.45) is 11.3 Å². The number of carbonyl (C=O) groups excluding carboxylic acids is 2. The fourth-order valence-electron chi connectivity index (χ4n) is 4.45. The number of hydrogen-bond acceptors (Lipinski definition) is 2. The van der Waals surface area contributed by atoms with E-state index in [-0.39, 0.29) is 23.5 Å². The van der Waals surface area contributed by atoms with E-state index in [1.54, 1.807) is 12.1 Å². The fourth-order valence-corrected chi connectivity index (χ4v) is 4.45. The lowest BCUT2D eigenvalue weighted by molar-refractivity contribution is -0.147. The van der Waals surface area contributed by atoms with Crippen LogP contribution in [0.15, 0.2) is 24.3 Å². The summed E-state index contributed by atoms with van der Waals surface area (Å²) in [6.07, 6.45) is 4.28. The Morgan fingerprint density at radius 1 is 1.15 bits per heavy atom. The molecule has 26 heavy (non-hydrogen) atoms. The molecule has 3 rings (SSSR count). The van der Waals surface area contributed by atoms with E-state index in [1.807, 2.05) is 23.6 Å². The summed E-state index contributed by atoms with van der Waals surface area (Å²) in [4.78, 5) is 29.7. The molecule has 2 fully saturated rings. The molecule has 0 aliphatic carbocycles. The van der Waals surface area contributed by atoms with Crippen molar-refractivity contribution in [3.05, 3.63) is 35.6 Å². The Hall–Kier alpha value is -1.91. The summed E-state index contributed by atoms with van der Waals surface area (Å²) in [6.45, 7) is 6.59. The molecule has 1 aromatic carbocycles. The smallest absolute Gasteiger partial charge is 0.230 e. The molecule has 1 aromatic rings. The Balaban J connectivity index is 1.69. The molecular weight excluding hydrogens is 331 g/mol. The molecule has 2 aliphatic rings. The second kappa shape index (κ2) is 7.77. The van der Waals surface area contributed by atoms with Gasteiger partial charge in [-0.3, -0.25) is 9.59 Å². The Labute approximate surface area is 155 Å². The van der Waals surface area contributed by atoms with E-state index >= 15 is 0 Å². The fraction of sp³-hybridized carbons (Fsp3) is 0.619. The van der Waals surface area contributed by atoms with Crippen LogP contribution in [-0.2, 0) is 16.1 Å². The van der Waals surface area contributed by atoms with Crippen LogP contribution in [-0.4, -0.2) is 41.2 Å². The summed E-state index contributed by atoms with van der Waals surface area (Å²) < 4.78 is 13.1. The van der Waals surface area contributed by atoms with Crippen LogP contribution >= 0.6 is 0 Å². The summed E-state index contributed by atoms with van der Waals surface area (Å²) in [7, 11) is 0. The first-order chi connectivity index (χ1) is 12.5. The first kappa shape index (κ1) is 18.9. The standard InChI is InChI=1S/C21H29FN2O2/c1-3-17(4-2)19(25)24-13-11-21(15-24)10-5-12-23(20(21)26)14-16-6-8-18(22)9-7-16/h6-9,17H,3-5,10-15H2,1-2H3. The number of amides is 2. The first-order valence-corrected chi connectivity index (χ1v) is 9.81. The predicted molar refractivity (Wildman–Crippen MR) is 98.8 cm³/mol. The van der Waals surface area contributed by atoms with Crippen LogP contribution in [0.2, 0.25) is 0 Å². The molecule has 0 radical (unpaired) electrons. The van der Waals surface area contributed by atoms with Crippen molar-refractivity contribution in [1.29, 1.82) is 0 Å². The van der Waals surface area contributed by atoms with Crippen LogP contribution in [0.25, 0.3) is 0 Å². The van der Waals surface area contributed by atoms with Gasteiger partial charge in [-0.05, 0) is 49.8 Å². The van der Waals surface area contributed by atoms with Gasteiger partial charge in [0, 0.05) is 32.1 Å². The van der Waals surface area contributed by atoms with Crippen LogP contribution in [0.3, 0.4) is 0 Å². The zero-order valence-electron chi connectivity index (χ0n) is 15.8. The number of hydrogen-bond donors (Lipinski definition) is 0. The Bertz CT molecular complexity index is 656. The summed E-state index contributed by atoms with van der Waals surface area (Å²) in [6, 6.07) is 6.35. The number of likely N-dealkylation sites (tertiary alicyclic amines) is 2. The second-order valence-electron chi connectivity index (χ2n) is 7.76. The number of rotatable bonds is 5. The Morgan fingerprint density at radius 3 is 2.50 bits per heavy atom. The minimum Gasteiger partial charge on any atom is -0.341 e. The first-order valence-electron chi connectivity index (χ1n) is 9.81. The van der Waals surface area contributed by atoms with E-state index in [2.05, 4.69) is 0 Å². The van der Waals surface area contributed by atoms with Gasteiger partial charge in [0.1, 0.15) is 5.82 Å². The molecule has 1 spiro atoms. The number of halogens is 1. The number of nitrogens with zero attached hydrogens (tertiary/aromatic N) is 2. The highest BCUT2D eigenvalue weighted by atomic mass is 19.1. The molecule has 0 N–H and O–H groups in total. The lowest BCUT2D eigenvalue weighted by Gasteiger charge is -2.39. The van der Waals surface area contributed by atoms with Crippen LogP contribution < -0.4 is 0 Å². The van der Waals surface area contributed by atoms with Gasteiger partial charge >= 0.3 is 0 Å². The summed E-state index contributed by atoms with van der Waals surface area (Å²) in [5.41, 5.74) is 0.528. The quantitative estimate of drug-likeness (QED) is 0.805.